The van der Waals surface area contributed by atoms with E-state index < -0.39 is 29.2 Å². The van der Waals surface area contributed by atoms with E-state index in [9.17, 15) is 19.5 Å². The number of benzene rings is 1. The summed E-state index contributed by atoms with van der Waals surface area (Å²) in [4.78, 5) is 48.6. The normalized spacial score (nSPS) is 23.1. The predicted octanol–water partition coefficient (Wildman–Crippen LogP) is 0.634. The molecule has 3 atom stereocenters. The lowest BCUT2D eigenvalue weighted by molar-refractivity contribution is -0.917. The molecule has 2 amide bonds. The summed E-state index contributed by atoms with van der Waals surface area (Å²) in [6.07, 6.45) is 3.11. The monoisotopic (exact) mass is 570 g/mol. The van der Waals surface area contributed by atoms with E-state index in [0.29, 0.717) is 22.4 Å². The fraction of sp³-hybridized carbons (Fsp3) is 0.423. The van der Waals surface area contributed by atoms with Crippen LogP contribution in [0.3, 0.4) is 0 Å². The minimum Gasteiger partial charge on any atom is -0.543 e. The van der Waals surface area contributed by atoms with E-state index in [2.05, 4.69) is 47.8 Å². The number of carboxylic acids is 1. The Labute approximate surface area is 234 Å². The highest BCUT2D eigenvalue weighted by atomic mass is 32.2. The summed E-state index contributed by atoms with van der Waals surface area (Å²) in [7, 11) is 5.50. The van der Waals surface area contributed by atoms with Gasteiger partial charge in [-0.05, 0) is 18.4 Å². The second kappa shape index (κ2) is 10.6. The first kappa shape index (κ1) is 27.2. The lowest BCUT2D eigenvalue weighted by Gasteiger charge is -2.51. The van der Waals surface area contributed by atoms with Crippen molar-refractivity contribution in [2.24, 2.45) is 5.16 Å². The first-order valence-electron chi connectivity index (χ1n) is 12.5. The maximum Gasteiger partial charge on any atom is 0.276 e. The highest BCUT2D eigenvalue weighted by Crippen LogP contribution is 2.43. The van der Waals surface area contributed by atoms with Crippen molar-refractivity contribution in [2.75, 3.05) is 39.2 Å². The number of fused-ring (bicyclic) bond motifs is 2. The maximum absolute atomic E-state index is 13.2. The van der Waals surface area contributed by atoms with Crippen LogP contribution in [0, 0.1) is 0 Å². The van der Waals surface area contributed by atoms with Gasteiger partial charge in [-0.15, -0.1) is 23.1 Å². The van der Waals surface area contributed by atoms with Gasteiger partial charge in [0.2, 0.25) is 0 Å². The number of amides is 2. The van der Waals surface area contributed by atoms with Gasteiger partial charge in [0.1, 0.15) is 36.8 Å². The Hall–Kier alpha value is -3.42. The number of aromatic nitrogens is 1. The SMILES string of the molecule is CON=C(C(=O)N[C@@H]1C(=O)N2C(C(=O)[O-])=C(C[N+](C)(C)[C@@H]3CCCc4ccccc43)CS[C@H]12)c1csc(N)n1. The molecule has 3 N–H and O–H groups in total. The number of aliphatic carboxylic acids is 1. The third-order valence-electron chi connectivity index (χ3n) is 7.47. The van der Waals surface area contributed by atoms with E-state index in [0.717, 1.165) is 30.6 Å². The van der Waals surface area contributed by atoms with Crippen LogP contribution in [-0.2, 0) is 25.6 Å². The van der Waals surface area contributed by atoms with Crippen LogP contribution in [0.25, 0.3) is 0 Å². The molecule has 0 bridgehead atoms. The molecule has 206 valence electrons. The molecule has 1 aromatic carbocycles. The molecule has 13 heteroatoms. The lowest BCUT2D eigenvalue weighted by atomic mass is 9.85. The predicted molar refractivity (Wildman–Crippen MR) is 146 cm³/mol. The largest absolute Gasteiger partial charge is 0.543 e. The molecule has 1 saturated heterocycles. The summed E-state index contributed by atoms with van der Waals surface area (Å²) in [5, 5.41) is 20.0. The van der Waals surface area contributed by atoms with E-state index in [1.807, 2.05) is 6.07 Å². The molecule has 3 heterocycles. The van der Waals surface area contributed by atoms with E-state index >= 15 is 0 Å². The molecule has 2 aromatic rings. The Balaban J connectivity index is 1.35. The smallest absolute Gasteiger partial charge is 0.276 e. The average Bonchev–Trinajstić information content (AvgIpc) is 3.34. The number of hydrogen-bond donors (Lipinski definition) is 2. The summed E-state index contributed by atoms with van der Waals surface area (Å²) >= 11 is 2.56. The van der Waals surface area contributed by atoms with Crippen molar-refractivity contribution in [2.45, 2.75) is 36.7 Å². The van der Waals surface area contributed by atoms with Crippen molar-refractivity contribution >= 4 is 51.7 Å². The molecule has 0 unspecified atom stereocenters. The van der Waals surface area contributed by atoms with Crippen molar-refractivity contribution in [1.82, 2.24) is 15.2 Å². The molecular weight excluding hydrogens is 540 g/mol. The summed E-state index contributed by atoms with van der Waals surface area (Å²) in [6, 6.07) is 7.70. The van der Waals surface area contributed by atoms with Gasteiger partial charge in [0.05, 0.1) is 25.8 Å². The molecule has 0 radical (unpaired) electrons. The molecule has 0 spiro atoms. The number of nitrogens with one attached hydrogen (secondary N) is 1. The van der Waals surface area contributed by atoms with Crippen LogP contribution < -0.4 is 16.2 Å². The number of nitrogens with two attached hydrogens (primary N) is 1. The van der Waals surface area contributed by atoms with Gasteiger partial charge in [0, 0.05) is 28.7 Å². The Kier molecular flexibility index (Phi) is 7.40. The first-order valence-corrected chi connectivity index (χ1v) is 14.5. The fourth-order valence-electron chi connectivity index (χ4n) is 5.75. The van der Waals surface area contributed by atoms with E-state index in [-0.39, 0.29) is 28.3 Å². The van der Waals surface area contributed by atoms with Crippen LogP contribution in [0.15, 0.2) is 46.1 Å². The number of carbonyl (C=O) groups is 3. The number of nitrogens with zero attached hydrogens (tertiary/aromatic N) is 4. The number of hydrogen-bond acceptors (Lipinski definition) is 10. The first-order chi connectivity index (χ1) is 18.6. The highest BCUT2D eigenvalue weighted by molar-refractivity contribution is 8.00. The zero-order valence-corrected chi connectivity index (χ0v) is 23.5. The topological polar surface area (TPSA) is 150 Å². The number of carboxylic acid groups (broad SMARTS) is 1. The third-order valence-corrected chi connectivity index (χ3v) is 9.48. The highest BCUT2D eigenvalue weighted by Gasteiger charge is 2.54. The van der Waals surface area contributed by atoms with Crippen LogP contribution in [0.1, 0.15) is 35.7 Å². The molecule has 11 nitrogen and oxygen atoms in total. The number of thiazole rings is 1. The molecule has 1 aliphatic carbocycles. The van der Waals surface area contributed by atoms with Crippen molar-refractivity contribution in [3.63, 3.8) is 0 Å². The summed E-state index contributed by atoms with van der Waals surface area (Å²) in [5.74, 6) is -2.17. The average molecular weight is 571 g/mol. The van der Waals surface area contributed by atoms with Crippen molar-refractivity contribution in [3.05, 3.63) is 57.7 Å². The van der Waals surface area contributed by atoms with Gasteiger partial charge >= 0.3 is 0 Å². The van der Waals surface area contributed by atoms with E-state index in [1.165, 1.54) is 34.9 Å². The Morgan fingerprint density at radius 3 is 2.79 bits per heavy atom. The summed E-state index contributed by atoms with van der Waals surface area (Å²) in [5.41, 5.74) is 8.97. The zero-order valence-electron chi connectivity index (χ0n) is 21.9. The molecule has 1 fully saturated rings. The van der Waals surface area contributed by atoms with E-state index in [4.69, 9.17) is 10.6 Å². The summed E-state index contributed by atoms with van der Waals surface area (Å²) in [6.45, 7) is 0.457. The maximum atomic E-state index is 13.2. The minimum atomic E-state index is -1.39. The van der Waals surface area contributed by atoms with Crippen LogP contribution in [0.5, 0.6) is 0 Å². The number of likely N-dealkylation sites (N-methyl/N-ethyl adjacent to an activating group) is 1. The van der Waals surface area contributed by atoms with Crippen LogP contribution in [0.2, 0.25) is 0 Å². The molecular formula is C26H30N6O5S2. The van der Waals surface area contributed by atoms with Gasteiger partial charge in [0.25, 0.3) is 11.8 Å². The van der Waals surface area contributed by atoms with Crippen molar-refractivity contribution in [3.8, 4) is 0 Å². The number of thioether (sulfide) groups is 1. The van der Waals surface area contributed by atoms with Gasteiger partial charge in [-0.25, -0.2) is 4.98 Å². The number of nitrogen functional groups attached to an aromatic ring is 1. The van der Waals surface area contributed by atoms with Gasteiger partial charge in [0.15, 0.2) is 10.8 Å². The number of rotatable bonds is 8. The van der Waals surface area contributed by atoms with Gasteiger partial charge in [-0.1, -0.05) is 29.4 Å². The molecule has 0 saturated carbocycles. The van der Waals surface area contributed by atoms with Gasteiger partial charge < -0.3 is 30.3 Å². The van der Waals surface area contributed by atoms with Crippen LogP contribution >= 0.6 is 23.1 Å². The molecule has 3 aliphatic rings. The molecule has 5 rings (SSSR count). The molecule has 39 heavy (non-hydrogen) atoms. The summed E-state index contributed by atoms with van der Waals surface area (Å²) < 4.78 is 0.560. The fourth-order valence-corrected chi connectivity index (χ4v) is 7.63. The number of aryl methyl sites for hydroxylation is 1. The van der Waals surface area contributed by atoms with Gasteiger partial charge in [-0.3, -0.25) is 14.5 Å². The Bertz CT molecular complexity index is 1390. The number of β-lactam (4-membered cyclic amide) rings is 1. The quantitative estimate of drug-likeness (QED) is 0.203. The van der Waals surface area contributed by atoms with Crippen LogP contribution in [-0.4, -0.2) is 82.8 Å². The number of anilines is 1. The molecule has 2 aliphatic heterocycles. The molecule has 1 aromatic heterocycles. The minimum absolute atomic E-state index is 0.0948. The second-order valence-electron chi connectivity index (χ2n) is 10.3. The van der Waals surface area contributed by atoms with Crippen molar-refractivity contribution in [1.29, 1.82) is 0 Å². The Morgan fingerprint density at radius 1 is 1.33 bits per heavy atom. The number of quaternary nitrogens is 1. The van der Waals surface area contributed by atoms with Crippen LogP contribution in [0.4, 0.5) is 5.13 Å². The number of oxime groups is 1. The van der Waals surface area contributed by atoms with Crippen molar-refractivity contribution < 1.29 is 28.8 Å². The Morgan fingerprint density at radius 2 is 2.10 bits per heavy atom. The number of carbonyl (C=O) groups excluding carboxylic acids is 3. The standard InChI is InChI=1S/C26H30N6O5S2/c1-32(2,18-10-6-8-14-7-4-5-9-16(14)18)11-15-12-38-24-20(23(34)31(24)21(15)25(35)36)29-22(33)19(30-37-3)17-13-39-26(27)28-17/h4-5,7,9,13,18,20,24H,6,8,10-12H2,1-3H3,(H3-,27,28,29,33,35,36)/t18-,20-,24-/m1/s1. The van der Waals surface area contributed by atoms with Gasteiger partial charge in [-0.2, -0.15) is 0 Å². The van der Waals surface area contributed by atoms with E-state index in [1.54, 1.807) is 5.38 Å². The second-order valence-corrected chi connectivity index (χ2v) is 12.3. The zero-order chi connectivity index (χ0) is 27.9. The third kappa shape index (κ3) is 5.01. The lowest BCUT2D eigenvalue weighted by Crippen LogP contribution is -2.71.